The normalized spacial score (nSPS) is 14.6. The lowest BCUT2D eigenvalue weighted by Gasteiger charge is -2.22. The number of hydrogen-bond acceptors (Lipinski definition) is 6. The molecule has 9 heteroatoms. The highest BCUT2D eigenvalue weighted by Crippen LogP contribution is 2.19. The third-order valence-electron chi connectivity index (χ3n) is 4.84. The summed E-state index contributed by atoms with van der Waals surface area (Å²) in [4.78, 5) is 24.9. The van der Waals surface area contributed by atoms with Gasteiger partial charge in [-0.05, 0) is 36.8 Å². The van der Waals surface area contributed by atoms with Crippen molar-refractivity contribution >= 4 is 11.9 Å². The number of benzene rings is 1. The van der Waals surface area contributed by atoms with Gasteiger partial charge in [0.2, 0.25) is 11.8 Å². The first-order valence-electron chi connectivity index (χ1n) is 9.36. The minimum absolute atomic E-state index is 0.0172. The lowest BCUT2D eigenvalue weighted by atomic mass is 10.1. The van der Waals surface area contributed by atoms with Gasteiger partial charge in [0.1, 0.15) is 0 Å². The highest BCUT2D eigenvalue weighted by Gasteiger charge is 2.22. The number of ether oxygens (including phenoxy) is 1. The number of methoxy groups -OCH3 is 1. The maximum atomic E-state index is 13.6. The average molecular weight is 396 g/mol. The fourth-order valence-corrected chi connectivity index (χ4v) is 3.32. The fourth-order valence-electron chi connectivity index (χ4n) is 3.32. The molecule has 0 atom stereocenters. The van der Waals surface area contributed by atoms with E-state index < -0.39 is 5.82 Å². The van der Waals surface area contributed by atoms with Crippen molar-refractivity contribution in [1.29, 1.82) is 0 Å². The minimum atomic E-state index is -0.596. The predicted octanol–water partition coefficient (Wildman–Crippen LogP) is 2.16. The molecule has 1 aliphatic heterocycles. The second-order valence-corrected chi connectivity index (χ2v) is 6.66. The van der Waals surface area contributed by atoms with Crippen LogP contribution >= 0.6 is 0 Å². The van der Waals surface area contributed by atoms with E-state index >= 15 is 0 Å². The number of halogens is 1. The molecule has 3 heterocycles. The van der Waals surface area contributed by atoms with Gasteiger partial charge in [0.25, 0.3) is 11.8 Å². The third-order valence-corrected chi connectivity index (χ3v) is 4.84. The maximum Gasteiger partial charge on any atom is 0.255 e. The Hall–Kier alpha value is -3.49. The summed E-state index contributed by atoms with van der Waals surface area (Å²) in [5.74, 6) is -0.288. The van der Waals surface area contributed by atoms with E-state index in [0.717, 1.165) is 18.3 Å². The van der Waals surface area contributed by atoms with Crippen molar-refractivity contribution < 1.29 is 13.9 Å². The predicted molar refractivity (Wildman–Crippen MR) is 105 cm³/mol. The van der Waals surface area contributed by atoms with Crippen molar-refractivity contribution in [3.05, 3.63) is 60.3 Å². The van der Waals surface area contributed by atoms with E-state index in [2.05, 4.69) is 15.1 Å². The molecule has 0 saturated carbocycles. The van der Waals surface area contributed by atoms with Crippen molar-refractivity contribution in [3.63, 3.8) is 0 Å². The van der Waals surface area contributed by atoms with Crippen LogP contribution in [0.1, 0.15) is 16.8 Å². The zero-order valence-electron chi connectivity index (χ0n) is 16.0. The molecule has 150 valence electrons. The van der Waals surface area contributed by atoms with Crippen molar-refractivity contribution in [1.82, 2.24) is 24.6 Å². The van der Waals surface area contributed by atoms with Crippen LogP contribution in [-0.4, -0.2) is 63.8 Å². The molecule has 0 spiro atoms. The van der Waals surface area contributed by atoms with E-state index in [0.29, 0.717) is 37.7 Å². The summed E-state index contributed by atoms with van der Waals surface area (Å²) < 4.78 is 20.2. The van der Waals surface area contributed by atoms with Crippen LogP contribution in [0.3, 0.4) is 0 Å². The van der Waals surface area contributed by atoms with E-state index in [-0.39, 0.29) is 11.8 Å². The molecule has 0 bridgehead atoms. The Labute approximate surface area is 167 Å². The van der Waals surface area contributed by atoms with Crippen LogP contribution in [0.2, 0.25) is 0 Å². The number of rotatable bonds is 4. The second-order valence-electron chi connectivity index (χ2n) is 6.66. The smallest absolute Gasteiger partial charge is 0.255 e. The van der Waals surface area contributed by atoms with Crippen molar-refractivity contribution in [2.24, 2.45) is 0 Å². The van der Waals surface area contributed by atoms with Crippen LogP contribution in [0.25, 0.3) is 5.69 Å². The van der Waals surface area contributed by atoms with Gasteiger partial charge in [0, 0.05) is 44.1 Å². The quantitative estimate of drug-likeness (QED) is 0.673. The summed E-state index contributed by atoms with van der Waals surface area (Å²) in [5, 5.41) is 4.19. The first-order chi connectivity index (χ1) is 14.2. The number of carbonyl (C=O) groups is 1. The van der Waals surface area contributed by atoms with Gasteiger partial charge in [0.15, 0.2) is 0 Å². The zero-order chi connectivity index (χ0) is 20.2. The first kappa shape index (κ1) is 18.9. The van der Waals surface area contributed by atoms with E-state index in [1.54, 1.807) is 10.9 Å². The number of aromatic nitrogens is 4. The summed E-state index contributed by atoms with van der Waals surface area (Å²) in [5.41, 5.74) is 1.53. The Morgan fingerprint density at radius 3 is 2.69 bits per heavy atom. The number of amides is 1. The van der Waals surface area contributed by atoms with E-state index in [1.807, 2.05) is 46.3 Å². The maximum absolute atomic E-state index is 13.6. The number of hydrogen-bond donors (Lipinski definition) is 0. The van der Waals surface area contributed by atoms with E-state index in [1.165, 1.54) is 7.11 Å². The van der Waals surface area contributed by atoms with Gasteiger partial charge in [-0.25, -0.2) is 9.67 Å². The van der Waals surface area contributed by atoms with Crippen LogP contribution in [0.4, 0.5) is 10.3 Å². The molecular formula is C20H21FN6O2. The highest BCUT2D eigenvalue weighted by molar-refractivity contribution is 5.94. The molecular weight excluding hydrogens is 375 g/mol. The molecule has 8 nitrogen and oxygen atoms in total. The molecule has 1 saturated heterocycles. The van der Waals surface area contributed by atoms with Crippen LogP contribution in [0.15, 0.2) is 48.9 Å². The molecule has 0 N–H and O–H groups in total. The molecule has 4 rings (SSSR count). The Morgan fingerprint density at radius 1 is 1.14 bits per heavy atom. The minimum Gasteiger partial charge on any atom is -0.479 e. The lowest BCUT2D eigenvalue weighted by molar-refractivity contribution is 0.0767. The Balaban J connectivity index is 1.43. The summed E-state index contributed by atoms with van der Waals surface area (Å²) in [6.07, 6.45) is 5.44. The van der Waals surface area contributed by atoms with E-state index in [4.69, 9.17) is 4.74 Å². The number of carbonyl (C=O) groups excluding carboxylic acids is 1. The molecule has 0 aliphatic carbocycles. The molecule has 0 unspecified atom stereocenters. The molecule has 3 aromatic rings. The zero-order valence-corrected chi connectivity index (χ0v) is 16.0. The van der Waals surface area contributed by atoms with Crippen LogP contribution < -0.4 is 9.64 Å². The Bertz CT molecular complexity index is 977. The van der Waals surface area contributed by atoms with Crippen molar-refractivity contribution in [3.8, 4) is 11.6 Å². The fraction of sp³-hybridized carbons (Fsp3) is 0.300. The molecule has 1 amide bonds. The monoisotopic (exact) mass is 396 g/mol. The summed E-state index contributed by atoms with van der Waals surface area (Å²) in [6, 6.07) is 9.24. The molecule has 2 aromatic heterocycles. The second kappa shape index (κ2) is 8.26. The summed E-state index contributed by atoms with van der Waals surface area (Å²) in [6.45, 7) is 2.40. The Kier molecular flexibility index (Phi) is 5.37. The molecule has 1 aromatic carbocycles. The molecule has 1 aliphatic rings. The van der Waals surface area contributed by atoms with Gasteiger partial charge in [-0.3, -0.25) is 4.79 Å². The summed E-state index contributed by atoms with van der Waals surface area (Å²) in [7, 11) is 1.37. The Morgan fingerprint density at radius 2 is 1.97 bits per heavy atom. The summed E-state index contributed by atoms with van der Waals surface area (Å²) >= 11 is 0. The topological polar surface area (TPSA) is 76.4 Å². The third kappa shape index (κ3) is 4.03. The standard InChI is InChI=1S/C20H21FN6O2/c1-29-18-17(21)14-22-20(24-18)26-10-3-9-25(12-13-26)19(28)15-4-6-16(7-5-15)27-11-2-8-23-27/h2,4-8,11,14H,3,9-10,12-13H2,1H3. The van der Waals surface area contributed by atoms with Gasteiger partial charge >= 0.3 is 0 Å². The number of nitrogens with zero attached hydrogens (tertiary/aromatic N) is 6. The van der Waals surface area contributed by atoms with Crippen molar-refractivity contribution in [2.45, 2.75) is 6.42 Å². The molecule has 0 radical (unpaired) electrons. The van der Waals surface area contributed by atoms with Gasteiger partial charge in [-0.2, -0.15) is 14.5 Å². The van der Waals surface area contributed by atoms with Gasteiger partial charge in [0.05, 0.1) is 19.0 Å². The van der Waals surface area contributed by atoms with Gasteiger partial charge in [-0.1, -0.05) is 0 Å². The first-order valence-corrected chi connectivity index (χ1v) is 9.36. The SMILES string of the molecule is COc1nc(N2CCCN(C(=O)c3ccc(-n4cccn4)cc3)CC2)ncc1F. The number of anilines is 1. The van der Waals surface area contributed by atoms with Crippen LogP contribution in [0.5, 0.6) is 5.88 Å². The van der Waals surface area contributed by atoms with Gasteiger partial charge < -0.3 is 14.5 Å². The van der Waals surface area contributed by atoms with Crippen molar-refractivity contribution in [2.75, 3.05) is 38.2 Å². The molecule has 1 fully saturated rings. The lowest BCUT2D eigenvalue weighted by Crippen LogP contribution is -2.35. The highest BCUT2D eigenvalue weighted by atomic mass is 19.1. The van der Waals surface area contributed by atoms with Crippen LogP contribution in [0, 0.1) is 5.82 Å². The van der Waals surface area contributed by atoms with Gasteiger partial charge in [-0.15, -0.1) is 0 Å². The molecule has 29 heavy (non-hydrogen) atoms. The van der Waals surface area contributed by atoms with Crippen LogP contribution in [-0.2, 0) is 0 Å². The largest absolute Gasteiger partial charge is 0.479 e. The van der Waals surface area contributed by atoms with E-state index in [9.17, 15) is 9.18 Å². The average Bonchev–Trinajstić information content (AvgIpc) is 3.18.